The lowest BCUT2D eigenvalue weighted by Gasteiger charge is -2.19. The van der Waals surface area contributed by atoms with E-state index in [-0.39, 0.29) is 36.4 Å². The Bertz CT molecular complexity index is 947. The monoisotopic (exact) mass is 541 g/mol. The van der Waals surface area contributed by atoms with Gasteiger partial charge in [0.2, 0.25) is 0 Å². The number of hydrogen-bond donors (Lipinski definition) is 1. The first kappa shape index (κ1) is 32.5. The SMILES string of the molecule is COC(=O)OCC(C)OC(=O)[C@@H](N)Cc1ccc(OC(=O)O[C@@H](C)C(C)C)c(OC(=O)OC(C)C(C)C)c1. The van der Waals surface area contributed by atoms with Crippen molar-refractivity contribution >= 4 is 24.4 Å². The molecule has 0 aliphatic carbocycles. The number of esters is 1. The molecule has 0 aliphatic heterocycles. The number of rotatable bonds is 12. The predicted molar refractivity (Wildman–Crippen MR) is 135 cm³/mol. The van der Waals surface area contributed by atoms with E-state index in [1.165, 1.54) is 19.1 Å². The van der Waals surface area contributed by atoms with E-state index in [2.05, 4.69) is 4.74 Å². The summed E-state index contributed by atoms with van der Waals surface area (Å²) < 4.78 is 35.3. The molecule has 4 atom stereocenters. The number of benzene rings is 1. The molecule has 12 nitrogen and oxygen atoms in total. The van der Waals surface area contributed by atoms with Crippen LogP contribution >= 0.6 is 0 Å². The van der Waals surface area contributed by atoms with Crippen molar-refractivity contribution in [1.82, 2.24) is 0 Å². The maximum atomic E-state index is 12.4. The number of hydrogen-bond acceptors (Lipinski definition) is 12. The van der Waals surface area contributed by atoms with E-state index in [0.29, 0.717) is 5.56 Å². The van der Waals surface area contributed by atoms with Crippen molar-refractivity contribution in [1.29, 1.82) is 0 Å². The van der Waals surface area contributed by atoms with Crippen molar-refractivity contribution in [2.24, 2.45) is 17.6 Å². The highest BCUT2D eigenvalue weighted by molar-refractivity contribution is 5.76. The van der Waals surface area contributed by atoms with Crippen molar-refractivity contribution in [2.45, 2.75) is 79.2 Å². The zero-order chi connectivity index (χ0) is 29.0. The van der Waals surface area contributed by atoms with Gasteiger partial charge in [-0.15, -0.1) is 0 Å². The predicted octanol–water partition coefficient (Wildman–Crippen LogP) is 4.39. The lowest BCUT2D eigenvalue weighted by molar-refractivity contribution is -0.152. The molecule has 2 unspecified atom stereocenters. The van der Waals surface area contributed by atoms with Gasteiger partial charge in [-0.3, -0.25) is 4.79 Å². The largest absolute Gasteiger partial charge is 0.514 e. The molecule has 2 N–H and O–H groups in total. The van der Waals surface area contributed by atoms with Crippen molar-refractivity contribution in [3.63, 3.8) is 0 Å². The molecule has 0 bridgehead atoms. The number of nitrogens with two attached hydrogens (primary N) is 1. The van der Waals surface area contributed by atoms with Gasteiger partial charge < -0.3 is 38.9 Å². The Labute approximate surface area is 223 Å². The Hall–Kier alpha value is -3.54. The van der Waals surface area contributed by atoms with Gasteiger partial charge in [0.25, 0.3) is 0 Å². The molecule has 38 heavy (non-hydrogen) atoms. The van der Waals surface area contributed by atoms with Crippen molar-refractivity contribution in [2.75, 3.05) is 13.7 Å². The van der Waals surface area contributed by atoms with Crippen LogP contribution in [-0.2, 0) is 34.9 Å². The maximum Gasteiger partial charge on any atom is 0.514 e. The normalized spacial score (nSPS) is 14.1. The number of ether oxygens (including phenoxy) is 7. The summed E-state index contributed by atoms with van der Waals surface area (Å²) in [6.45, 7) is 12.3. The fourth-order valence-corrected chi connectivity index (χ4v) is 2.55. The van der Waals surface area contributed by atoms with E-state index in [9.17, 15) is 19.2 Å². The highest BCUT2D eigenvalue weighted by Gasteiger charge is 2.23. The summed E-state index contributed by atoms with van der Waals surface area (Å²) in [5.74, 6) is -0.859. The van der Waals surface area contributed by atoms with Crippen molar-refractivity contribution in [3.05, 3.63) is 23.8 Å². The third-order valence-corrected chi connectivity index (χ3v) is 5.51. The first-order valence-corrected chi connectivity index (χ1v) is 12.3. The van der Waals surface area contributed by atoms with Crippen molar-refractivity contribution in [3.8, 4) is 11.5 Å². The Morgan fingerprint density at radius 3 is 1.79 bits per heavy atom. The summed E-state index contributed by atoms with van der Waals surface area (Å²) in [6.07, 6.45) is -4.49. The Kier molecular flexibility index (Phi) is 13.4. The number of carbonyl (C=O) groups is 4. The molecule has 1 rings (SSSR count). The fraction of sp³-hybridized carbons (Fsp3) is 0.615. The molecule has 214 valence electrons. The average Bonchev–Trinajstić information content (AvgIpc) is 2.83. The van der Waals surface area contributed by atoms with Crippen LogP contribution in [0.15, 0.2) is 18.2 Å². The topological polar surface area (TPSA) is 159 Å². The molecule has 1 aromatic carbocycles. The lowest BCUT2D eigenvalue weighted by Crippen LogP contribution is -2.37. The molecule has 0 radical (unpaired) electrons. The third-order valence-electron chi connectivity index (χ3n) is 5.51. The van der Waals surface area contributed by atoms with Gasteiger partial charge in [0.15, 0.2) is 11.5 Å². The van der Waals surface area contributed by atoms with Gasteiger partial charge in [-0.2, -0.15) is 0 Å². The summed E-state index contributed by atoms with van der Waals surface area (Å²) in [5, 5.41) is 0. The van der Waals surface area contributed by atoms with Gasteiger partial charge in [-0.05, 0) is 56.7 Å². The second-order valence-electron chi connectivity index (χ2n) is 9.44. The molecule has 0 heterocycles. The van der Waals surface area contributed by atoms with E-state index in [1.807, 2.05) is 27.7 Å². The lowest BCUT2D eigenvalue weighted by atomic mass is 10.1. The summed E-state index contributed by atoms with van der Waals surface area (Å²) in [6, 6.07) is 3.23. The maximum absolute atomic E-state index is 12.4. The van der Waals surface area contributed by atoms with Crippen LogP contribution in [0.1, 0.15) is 54.0 Å². The van der Waals surface area contributed by atoms with Crippen LogP contribution in [0.2, 0.25) is 0 Å². The van der Waals surface area contributed by atoms with Crippen LogP contribution in [0.4, 0.5) is 14.4 Å². The van der Waals surface area contributed by atoms with Crippen LogP contribution in [0.5, 0.6) is 11.5 Å². The third kappa shape index (κ3) is 11.7. The van der Waals surface area contributed by atoms with Crippen LogP contribution in [0.25, 0.3) is 0 Å². The van der Waals surface area contributed by atoms with E-state index in [1.54, 1.807) is 19.9 Å². The Morgan fingerprint density at radius 1 is 0.763 bits per heavy atom. The van der Waals surface area contributed by atoms with Gasteiger partial charge in [-0.25, -0.2) is 14.4 Å². The molecule has 0 saturated heterocycles. The minimum atomic E-state index is -1.10. The van der Waals surface area contributed by atoms with Gasteiger partial charge in [-0.1, -0.05) is 33.8 Å². The van der Waals surface area contributed by atoms with Crippen LogP contribution in [0, 0.1) is 11.8 Å². The molecular formula is C26H39NO11. The first-order valence-electron chi connectivity index (χ1n) is 12.3. The minimum Gasteiger partial charge on any atom is -0.458 e. The van der Waals surface area contributed by atoms with E-state index >= 15 is 0 Å². The van der Waals surface area contributed by atoms with Gasteiger partial charge in [0, 0.05) is 0 Å². The first-order chi connectivity index (χ1) is 17.7. The summed E-state index contributed by atoms with van der Waals surface area (Å²) in [4.78, 5) is 48.1. The zero-order valence-corrected chi connectivity index (χ0v) is 23.2. The van der Waals surface area contributed by atoms with Crippen LogP contribution in [0.3, 0.4) is 0 Å². The molecule has 0 aliphatic rings. The molecule has 0 saturated carbocycles. The Morgan fingerprint density at radius 2 is 1.29 bits per heavy atom. The summed E-state index contributed by atoms with van der Waals surface area (Å²) in [7, 11) is 1.16. The summed E-state index contributed by atoms with van der Waals surface area (Å²) >= 11 is 0. The molecule has 0 fully saturated rings. The molecule has 1 aromatic rings. The fourth-order valence-electron chi connectivity index (χ4n) is 2.55. The van der Waals surface area contributed by atoms with Gasteiger partial charge >= 0.3 is 24.4 Å². The smallest absolute Gasteiger partial charge is 0.458 e. The highest BCUT2D eigenvalue weighted by Crippen LogP contribution is 2.30. The molecule has 12 heteroatoms. The van der Waals surface area contributed by atoms with Crippen LogP contribution in [-0.4, -0.2) is 62.5 Å². The second kappa shape index (κ2) is 15.7. The zero-order valence-electron chi connectivity index (χ0n) is 23.2. The van der Waals surface area contributed by atoms with Crippen LogP contribution < -0.4 is 15.2 Å². The molecular weight excluding hydrogens is 502 g/mol. The summed E-state index contributed by atoms with van der Waals surface area (Å²) in [5.41, 5.74) is 6.46. The second-order valence-corrected chi connectivity index (χ2v) is 9.44. The number of carbonyl (C=O) groups excluding carboxylic acids is 4. The molecule has 0 spiro atoms. The minimum absolute atomic E-state index is 0.00761. The average molecular weight is 542 g/mol. The highest BCUT2D eigenvalue weighted by atomic mass is 16.8. The molecule has 0 amide bonds. The number of methoxy groups -OCH3 is 1. The quantitative estimate of drug-likeness (QED) is 0.226. The van der Waals surface area contributed by atoms with Gasteiger partial charge in [0.1, 0.15) is 31.0 Å². The van der Waals surface area contributed by atoms with E-state index in [0.717, 1.165) is 7.11 Å². The molecule has 0 aromatic heterocycles. The standard InChI is InChI=1S/C26H39NO11/c1-14(2)17(6)35-25(30)37-21-10-9-19(12-22(21)38-26(31)36-18(7)15(3)4)11-20(27)23(28)34-16(5)13-33-24(29)32-8/h9-10,12,14-18,20H,11,13,27H2,1-8H3/t16?,17-,18?,20-/m0/s1. The van der Waals surface area contributed by atoms with E-state index < -0.39 is 48.8 Å². The van der Waals surface area contributed by atoms with Crippen molar-refractivity contribution < 1.29 is 52.3 Å². The van der Waals surface area contributed by atoms with Gasteiger partial charge in [0.05, 0.1) is 7.11 Å². The Balaban J connectivity index is 3.00. The van der Waals surface area contributed by atoms with E-state index in [4.69, 9.17) is 34.2 Å².